The smallest absolute Gasteiger partial charge is 0.137 e. The molecule has 0 spiro atoms. The molecule has 0 aliphatic rings. The van der Waals surface area contributed by atoms with Gasteiger partial charge < -0.3 is 9.84 Å². The largest absolute Gasteiger partial charge is 0.492 e. The third-order valence-corrected chi connectivity index (χ3v) is 3.50. The number of rotatable bonds is 4. The molecule has 0 fully saturated rings. The van der Waals surface area contributed by atoms with Crippen molar-refractivity contribution in [2.45, 2.75) is 20.0 Å². The van der Waals surface area contributed by atoms with Crippen molar-refractivity contribution in [3.63, 3.8) is 0 Å². The van der Waals surface area contributed by atoms with Crippen molar-refractivity contribution in [1.29, 1.82) is 0 Å². The molecular formula is C15H16BrNO2. The van der Waals surface area contributed by atoms with Crippen LogP contribution in [0.4, 0.5) is 0 Å². The summed E-state index contributed by atoms with van der Waals surface area (Å²) in [5.41, 5.74) is 2.68. The zero-order valence-corrected chi connectivity index (χ0v) is 12.5. The second-order valence-electron chi connectivity index (χ2n) is 4.31. The summed E-state index contributed by atoms with van der Waals surface area (Å²) in [7, 11) is 0. The van der Waals surface area contributed by atoms with Crippen LogP contribution in [0.2, 0.25) is 0 Å². The first-order chi connectivity index (χ1) is 9.11. The van der Waals surface area contributed by atoms with Crippen molar-refractivity contribution in [2.24, 2.45) is 0 Å². The number of halogens is 1. The van der Waals surface area contributed by atoms with Gasteiger partial charge in [-0.1, -0.05) is 28.1 Å². The molecule has 1 N–H and O–H groups in total. The van der Waals surface area contributed by atoms with Crippen molar-refractivity contribution >= 4 is 15.9 Å². The third kappa shape index (κ3) is 3.33. The lowest BCUT2D eigenvalue weighted by atomic mass is 10.0. The fourth-order valence-corrected chi connectivity index (χ4v) is 2.57. The fraction of sp³-hybridized carbons (Fsp3) is 0.267. The molecule has 100 valence electrons. The van der Waals surface area contributed by atoms with Crippen molar-refractivity contribution in [3.8, 4) is 5.75 Å². The lowest BCUT2D eigenvalue weighted by Crippen LogP contribution is -2.02. The summed E-state index contributed by atoms with van der Waals surface area (Å²) in [5, 5.41) is 10.4. The van der Waals surface area contributed by atoms with Crippen molar-refractivity contribution < 1.29 is 9.84 Å². The minimum Gasteiger partial charge on any atom is -0.492 e. The number of hydrogen-bond donors (Lipinski definition) is 1. The van der Waals surface area contributed by atoms with Gasteiger partial charge in [0.1, 0.15) is 11.9 Å². The van der Waals surface area contributed by atoms with E-state index in [1.807, 2.05) is 38.1 Å². The maximum absolute atomic E-state index is 10.4. The van der Waals surface area contributed by atoms with Gasteiger partial charge in [-0.2, -0.15) is 0 Å². The van der Waals surface area contributed by atoms with E-state index in [0.29, 0.717) is 12.4 Å². The highest BCUT2D eigenvalue weighted by Crippen LogP contribution is 2.30. The first-order valence-corrected chi connectivity index (χ1v) is 6.93. The van der Waals surface area contributed by atoms with Gasteiger partial charge in [0.05, 0.1) is 12.8 Å². The van der Waals surface area contributed by atoms with E-state index < -0.39 is 6.10 Å². The molecule has 0 saturated carbocycles. The quantitative estimate of drug-likeness (QED) is 0.935. The van der Waals surface area contributed by atoms with Crippen LogP contribution in [0.25, 0.3) is 0 Å². The molecule has 1 aromatic carbocycles. The van der Waals surface area contributed by atoms with Crippen molar-refractivity contribution in [1.82, 2.24) is 4.98 Å². The van der Waals surface area contributed by atoms with Gasteiger partial charge in [-0.25, -0.2) is 0 Å². The number of aliphatic hydroxyl groups excluding tert-OH is 1. The molecule has 2 rings (SSSR count). The van der Waals surface area contributed by atoms with Crippen molar-refractivity contribution in [2.75, 3.05) is 6.61 Å². The van der Waals surface area contributed by atoms with E-state index >= 15 is 0 Å². The van der Waals surface area contributed by atoms with E-state index in [1.54, 1.807) is 12.4 Å². The molecule has 2 aromatic rings. The maximum Gasteiger partial charge on any atom is 0.137 e. The Kier molecular flexibility index (Phi) is 4.56. The minimum atomic E-state index is -0.720. The van der Waals surface area contributed by atoms with E-state index in [-0.39, 0.29) is 0 Å². The predicted molar refractivity (Wildman–Crippen MR) is 78.3 cm³/mol. The van der Waals surface area contributed by atoms with Crippen LogP contribution in [0.15, 0.2) is 41.1 Å². The number of pyridine rings is 1. The molecule has 3 nitrogen and oxygen atoms in total. The summed E-state index contributed by atoms with van der Waals surface area (Å²) in [4.78, 5) is 4.10. The Morgan fingerprint density at radius 1 is 1.32 bits per heavy atom. The monoisotopic (exact) mass is 321 g/mol. The summed E-state index contributed by atoms with van der Waals surface area (Å²) < 4.78 is 6.29. The number of ether oxygens (including phenoxy) is 1. The maximum atomic E-state index is 10.4. The Labute approximate surface area is 121 Å². The van der Waals surface area contributed by atoms with Crippen LogP contribution in [-0.4, -0.2) is 16.7 Å². The van der Waals surface area contributed by atoms with E-state index in [0.717, 1.165) is 21.2 Å². The highest BCUT2D eigenvalue weighted by molar-refractivity contribution is 9.10. The predicted octanol–water partition coefficient (Wildman–Crippen LogP) is 3.63. The second kappa shape index (κ2) is 6.17. The summed E-state index contributed by atoms with van der Waals surface area (Å²) in [6, 6.07) is 7.69. The number of aromatic nitrogens is 1. The molecular weight excluding hydrogens is 306 g/mol. The lowest BCUT2D eigenvalue weighted by Gasteiger charge is -2.14. The highest BCUT2D eigenvalue weighted by Gasteiger charge is 2.14. The van der Waals surface area contributed by atoms with Gasteiger partial charge in [0, 0.05) is 16.2 Å². The Morgan fingerprint density at radius 2 is 2.11 bits per heavy atom. The minimum absolute atomic E-state index is 0.579. The number of nitrogens with zero attached hydrogens (tertiary/aromatic N) is 1. The molecule has 1 unspecified atom stereocenters. The van der Waals surface area contributed by atoms with Gasteiger partial charge in [0.25, 0.3) is 0 Å². The number of hydrogen-bond acceptors (Lipinski definition) is 3. The summed E-state index contributed by atoms with van der Waals surface area (Å²) in [5.74, 6) is 0.669. The molecule has 4 heteroatoms. The van der Waals surface area contributed by atoms with Crippen LogP contribution >= 0.6 is 15.9 Å². The number of benzene rings is 1. The first-order valence-electron chi connectivity index (χ1n) is 6.13. The molecule has 0 radical (unpaired) electrons. The van der Waals surface area contributed by atoms with Crippen LogP contribution < -0.4 is 4.74 Å². The standard InChI is InChI=1S/C15H16BrNO2/c1-3-19-12-7-11(8-17-9-12)15(18)13-5-4-10(2)6-14(13)16/h4-9,15,18H,3H2,1-2H3. The van der Waals surface area contributed by atoms with Gasteiger partial charge in [-0.15, -0.1) is 0 Å². The number of aliphatic hydroxyl groups is 1. The van der Waals surface area contributed by atoms with Gasteiger partial charge in [0.15, 0.2) is 0 Å². The average Bonchev–Trinajstić information content (AvgIpc) is 2.39. The van der Waals surface area contributed by atoms with Gasteiger partial charge in [-0.05, 0) is 37.1 Å². The van der Waals surface area contributed by atoms with Crippen LogP contribution in [-0.2, 0) is 0 Å². The van der Waals surface area contributed by atoms with Crippen molar-refractivity contribution in [3.05, 3.63) is 57.8 Å². The summed E-state index contributed by atoms with van der Waals surface area (Å²) >= 11 is 3.48. The molecule has 1 aromatic heterocycles. The zero-order valence-electron chi connectivity index (χ0n) is 10.9. The molecule has 0 aliphatic carbocycles. The zero-order chi connectivity index (χ0) is 13.8. The molecule has 0 saturated heterocycles. The van der Waals surface area contributed by atoms with Crippen LogP contribution in [0.1, 0.15) is 29.7 Å². The molecule has 0 bridgehead atoms. The molecule has 1 atom stereocenters. The Bertz CT molecular complexity index is 572. The highest BCUT2D eigenvalue weighted by atomic mass is 79.9. The molecule has 0 amide bonds. The van der Waals surface area contributed by atoms with E-state index in [2.05, 4.69) is 20.9 Å². The van der Waals surface area contributed by atoms with Gasteiger partial charge in [-0.3, -0.25) is 4.98 Å². The normalized spacial score (nSPS) is 12.2. The Morgan fingerprint density at radius 3 is 2.79 bits per heavy atom. The SMILES string of the molecule is CCOc1cncc(C(O)c2ccc(C)cc2Br)c1. The third-order valence-electron chi connectivity index (χ3n) is 2.81. The molecule has 0 aliphatic heterocycles. The summed E-state index contributed by atoms with van der Waals surface area (Å²) in [6.07, 6.45) is 2.58. The van der Waals surface area contributed by atoms with E-state index in [1.165, 1.54) is 0 Å². The average molecular weight is 322 g/mol. The van der Waals surface area contributed by atoms with Crippen LogP contribution in [0, 0.1) is 6.92 Å². The van der Waals surface area contributed by atoms with Gasteiger partial charge >= 0.3 is 0 Å². The van der Waals surface area contributed by atoms with Crippen LogP contribution in [0.3, 0.4) is 0 Å². The fourth-order valence-electron chi connectivity index (χ4n) is 1.86. The van der Waals surface area contributed by atoms with E-state index in [4.69, 9.17) is 4.74 Å². The van der Waals surface area contributed by atoms with E-state index in [9.17, 15) is 5.11 Å². The number of aryl methyl sites for hydroxylation is 1. The lowest BCUT2D eigenvalue weighted by molar-refractivity contribution is 0.218. The van der Waals surface area contributed by atoms with Gasteiger partial charge in [0.2, 0.25) is 0 Å². The first kappa shape index (κ1) is 14.0. The summed E-state index contributed by atoms with van der Waals surface area (Å²) in [6.45, 7) is 4.51. The molecule has 1 heterocycles. The topological polar surface area (TPSA) is 42.4 Å². The molecule has 19 heavy (non-hydrogen) atoms. The Balaban J connectivity index is 2.32. The van der Waals surface area contributed by atoms with Crippen LogP contribution in [0.5, 0.6) is 5.75 Å². The Hall–Kier alpha value is -1.39. The second-order valence-corrected chi connectivity index (χ2v) is 5.17.